The van der Waals surface area contributed by atoms with Crippen LogP contribution in [0.2, 0.25) is 0 Å². The van der Waals surface area contributed by atoms with E-state index in [-0.39, 0.29) is 24.4 Å². The number of nitrogens with one attached hydrogen (secondary N) is 1. The minimum Gasteiger partial charge on any atom is -0.496 e. The first-order valence-corrected chi connectivity index (χ1v) is 11.1. The molecule has 6 nitrogen and oxygen atoms in total. The second-order valence-corrected chi connectivity index (χ2v) is 9.39. The van der Waals surface area contributed by atoms with Gasteiger partial charge in [0.25, 0.3) is 0 Å². The summed E-state index contributed by atoms with van der Waals surface area (Å²) in [6.45, 7) is 8.72. The van der Waals surface area contributed by atoms with Gasteiger partial charge in [-0.2, -0.15) is 0 Å². The minimum atomic E-state index is -0.490. The number of pyridine rings is 1. The fourth-order valence-corrected chi connectivity index (χ4v) is 4.26. The van der Waals surface area contributed by atoms with E-state index in [1.54, 1.807) is 19.4 Å². The number of methoxy groups -OCH3 is 1. The maximum absolute atomic E-state index is 14.0. The number of benzene rings is 1. The van der Waals surface area contributed by atoms with Crippen LogP contribution in [0.3, 0.4) is 0 Å². The van der Waals surface area contributed by atoms with Gasteiger partial charge >= 0.3 is 5.97 Å². The zero-order valence-corrected chi connectivity index (χ0v) is 19.7. The van der Waals surface area contributed by atoms with Crippen molar-refractivity contribution in [1.82, 2.24) is 14.9 Å². The van der Waals surface area contributed by atoms with Crippen LogP contribution in [0, 0.1) is 5.82 Å². The van der Waals surface area contributed by atoms with Gasteiger partial charge < -0.3 is 14.5 Å². The van der Waals surface area contributed by atoms with Gasteiger partial charge in [0.2, 0.25) is 0 Å². The molecule has 1 aromatic carbocycles. The first-order valence-electron chi connectivity index (χ1n) is 11.1. The average Bonchev–Trinajstić information content (AvgIpc) is 3.18. The van der Waals surface area contributed by atoms with Gasteiger partial charge in [0.15, 0.2) is 0 Å². The largest absolute Gasteiger partial charge is 0.496 e. The van der Waals surface area contributed by atoms with Gasteiger partial charge in [-0.3, -0.25) is 9.69 Å². The summed E-state index contributed by atoms with van der Waals surface area (Å²) in [7, 11) is 1.58. The molecule has 174 valence electrons. The zero-order chi connectivity index (χ0) is 23.8. The normalized spacial score (nSPS) is 17.2. The molecule has 0 saturated heterocycles. The Kier molecular flexibility index (Phi) is 6.26. The quantitative estimate of drug-likeness (QED) is 0.540. The standard InChI is InChI=1S/C26H30FN3O3/c1-16-12-17(9-11-30(16)15-24(31)33-26(2,3)4)22-14-21-19(8-10-28-25(21)29-22)20-13-18(27)6-7-23(20)32-5/h6-8,10,12-14,16H,9,11,15H2,1-5H3,(H,28,29)/t16-/m1/s1. The van der Waals surface area contributed by atoms with E-state index in [0.29, 0.717) is 11.3 Å². The summed E-state index contributed by atoms with van der Waals surface area (Å²) in [5.41, 5.74) is 3.93. The van der Waals surface area contributed by atoms with Crippen LogP contribution in [0.5, 0.6) is 5.75 Å². The predicted octanol–water partition coefficient (Wildman–Crippen LogP) is 5.20. The lowest BCUT2D eigenvalue weighted by Gasteiger charge is -2.32. The van der Waals surface area contributed by atoms with Crippen LogP contribution in [-0.4, -0.2) is 52.7 Å². The number of carbonyl (C=O) groups is 1. The Balaban J connectivity index is 1.61. The SMILES string of the molecule is COc1ccc(F)cc1-c1ccnc2[nH]c(C3=C[C@@H](C)N(CC(=O)OC(C)(C)C)CC3)cc12. The van der Waals surface area contributed by atoms with E-state index in [0.717, 1.165) is 40.8 Å². The van der Waals surface area contributed by atoms with E-state index in [4.69, 9.17) is 9.47 Å². The number of rotatable bonds is 5. The molecule has 7 heteroatoms. The first kappa shape index (κ1) is 23.0. The molecule has 2 aromatic heterocycles. The Labute approximate surface area is 193 Å². The number of hydrogen-bond donors (Lipinski definition) is 1. The Morgan fingerprint density at radius 3 is 2.73 bits per heavy atom. The van der Waals surface area contributed by atoms with E-state index in [2.05, 4.69) is 33.9 Å². The van der Waals surface area contributed by atoms with Gasteiger partial charge in [-0.25, -0.2) is 9.37 Å². The molecule has 0 unspecified atom stereocenters. The van der Waals surface area contributed by atoms with E-state index < -0.39 is 5.60 Å². The average molecular weight is 452 g/mol. The molecule has 0 fully saturated rings. The lowest BCUT2D eigenvalue weighted by Crippen LogP contribution is -2.41. The Hall–Kier alpha value is -3.19. The molecule has 4 rings (SSSR count). The zero-order valence-electron chi connectivity index (χ0n) is 19.7. The van der Waals surface area contributed by atoms with Crippen molar-refractivity contribution in [2.24, 2.45) is 0 Å². The molecule has 33 heavy (non-hydrogen) atoms. The number of halogens is 1. The summed E-state index contributed by atoms with van der Waals surface area (Å²) in [6, 6.07) is 8.53. The number of nitrogens with zero attached hydrogens (tertiary/aromatic N) is 2. The molecule has 0 bridgehead atoms. The van der Waals surface area contributed by atoms with Gasteiger partial charge in [-0.05, 0) is 75.6 Å². The van der Waals surface area contributed by atoms with Gasteiger partial charge in [-0.15, -0.1) is 0 Å². The number of carbonyl (C=O) groups excluding carboxylic acids is 1. The second kappa shape index (κ2) is 8.98. The highest BCUT2D eigenvalue weighted by Gasteiger charge is 2.25. The van der Waals surface area contributed by atoms with Crippen molar-refractivity contribution in [3.63, 3.8) is 0 Å². The van der Waals surface area contributed by atoms with Gasteiger partial charge in [-0.1, -0.05) is 6.08 Å². The Morgan fingerprint density at radius 2 is 2.03 bits per heavy atom. The van der Waals surface area contributed by atoms with Crippen molar-refractivity contribution in [2.75, 3.05) is 20.2 Å². The molecule has 0 aliphatic carbocycles. The van der Waals surface area contributed by atoms with Crippen LogP contribution < -0.4 is 4.74 Å². The minimum absolute atomic E-state index is 0.0865. The Morgan fingerprint density at radius 1 is 1.24 bits per heavy atom. The first-order chi connectivity index (χ1) is 15.6. The fourth-order valence-electron chi connectivity index (χ4n) is 4.26. The van der Waals surface area contributed by atoms with Crippen LogP contribution in [-0.2, 0) is 9.53 Å². The highest BCUT2D eigenvalue weighted by Crippen LogP contribution is 2.36. The van der Waals surface area contributed by atoms with Crippen molar-refractivity contribution in [2.45, 2.75) is 45.8 Å². The number of ether oxygens (including phenoxy) is 2. The molecule has 1 atom stereocenters. The third kappa shape index (κ3) is 5.09. The summed E-state index contributed by atoms with van der Waals surface area (Å²) in [5, 5.41) is 0.904. The number of fused-ring (bicyclic) bond motifs is 1. The molecule has 3 heterocycles. The van der Waals surface area contributed by atoms with Crippen LogP contribution >= 0.6 is 0 Å². The molecule has 0 amide bonds. The Bertz CT molecular complexity index is 1210. The molecule has 0 radical (unpaired) electrons. The summed E-state index contributed by atoms with van der Waals surface area (Å²) in [5.74, 6) is 0.0741. The van der Waals surface area contributed by atoms with Crippen molar-refractivity contribution in [1.29, 1.82) is 0 Å². The number of aromatic nitrogens is 2. The van der Waals surface area contributed by atoms with Crippen molar-refractivity contribution in [3.05, 3.63) is 54.1 Å². The maximum atomic E-state index is 14.0. The van der Waals surface area contributed by atoms with E-state index in [1.807, 2.05) is 26.8 Å². The summed E-state index contributed by atoms with van der Waals surface area (Å²) < 4.78 is 24.9. The molecule has 3 aromatic rings. The molecule has 1 aliphatic heterocycles. The van der Waals surface area contributed by atoms with Crippen LogP contribution in [0.15, 0.2) is 42.6 Å². The number of esters is 1. The third-order valence-corrected chi connectivity index (χ3v) is 5.77. The van der Waals surface area contributed by atoms with E-state index >= 15 is 0 Å². The number of aromatic amines is 1. The van der Waals surface area contributed by atoms with Gasteiger partial charge in [0.1, 0.15) is 22.8 Å². The van der Waals surface area contributed by atoms with Crippen molar-refractivity contribution >= 4 is 22.6 Å². The lowest BCUT2D eigenvalue weighted by molar-refractivity contribution is -0.156. The monoisotopic (exact) mass is 451 g/mol. The molecule has 0 saturated carbocycles. The van der Waals surface area contributed by atoms with Crippen LogP contribution in [0.4, 0.5) is 4.39 Å². The topological polar surface area (TPSA) is 67.5 Å². The highest BCUT2D eigenvalue weighted by molar-refractivity contribution is 5.96. The molecule has 1 N–H and O–H groups in total. The molecule has 1 aliphatic rings. The molecular formula is C26H30FN3O3. The van der Waals surface area contributed by atoms with Gasteiger partial charge in [0.05, 0.1) is 13.7 Å². The molecule has 0 spiro atoms. The lowest BCUT2D eigenvalue weighted by atomic mass is 9.99. The number of hydrogen-bond acceptors (Lipinski definition) is 5. The maximum Gasteiger partial charge on any atom is 0.320 e. The third-order valence-electron chi connectivity index (χ3n) is 5.77. The van der Waals surface area contributed by atoms with Crippen molar-refractivity contribution in [3.8, 4) is 16.9 Å². The van der Waals surface area contributed by atoms with Gasteiger partial charge in [0, 0.05) is 35.4 Å². The van der Waals surface area contributed by atoms with E-state index in [9.17, 15) is 9.18 Å². The smallest absolute Gasteiger partial charge is 0.320 e. The summed E-state index contributed by atoms with van der Waals surface area (Å²) in [4.78, 5) is 22.3. The van der Waals surface area contributed by atoms with Crippen LogP contribution in [0.25, 0.3) is 27.7 Å². The summed E-state index contributed by atoms with van der Waals surface area (Å²) >= 11 is 0. The van der Waals surface area contributed by atoms with Crippen molar-refractivity contribution < 1.29 is 18.7 Å². The fraction of sp³-hybridized carbons (Fsp3) is 0.385. The number of H-pyrrole nitrogens is 1. The molecular weight excluding hydrogens is 421 g/mol. The van der Waals surface area contributed by atoms with E-state index in [1.165, 1.54) is 12.1 Å². The summed E-state index contributed by atoms with van der Waals surface area (Å²) in [6.07, 6.45) is 4.67. The highest BCUT2D eigenvalue weighted by atomic mass is 19.1. The second-order valence-electron chi connectivity index (χ2n) is 9.39. The predicted molar refractivity (Wildman–Crippen MR) is 128 cm³/mol. The van der Waals surface area contributed by atoms with Crippen LogP contribution in [0.1, 0.15) is 39.8 Å².